The lowest BCUT2D eigenvalue weighted by atomic mass is 9.99. The molecule has 1 aliphatic heterocycles. The molecular formula is C15H26N4. The van der Waals surface area contributed by atoms with Crippen LogP contribution >= 0.6 is 0 Å². The summed E-state index contributed by atoms with van der Waals surface area (Å²) in [5.74, 6) is 0.980. The average molecular weight is 262 g/mol. The summed E-state index contributed by atoms with van der Waals surface area (Å²) < 4.78 is 0. The summed E-state index contributed by atoms with van der Waals surface area (Å²) in [5, 5.41) is 3.27. The Bertz CT molecular complexity index is 416. The lowest BCUT2D eigenvalue weighted by Crippen LogP contribution is -2.57. The van der Waals surface area contributed by atoms with E-state index < -0.39 is 0 Å². The first kappa shape index (κ1) is 14.3. The highest BCUT2D eigenvalue weighted by Crippen LogP contribution is 2.20. The van der Waals surface area contributed by atoms with Crippen LogP contribution in [-0.4, -0.2) is 53.5 Å². The van der Waals surface area contributed by atoms with E-state index in [1.807, 2.05) is 6.07 Å². The first-order valence-corrected chi connectivity index (χ1v) is 7.14. The monoisotopic (exact) mass is 262 g/mol. The molecule has 1 fully saturated rings. The van der Waals surface area contributed by atoms with Crippen molar-refractivity contribution in [3.8, 4) is 0 Å². The van der Waals surface area contributed by atoms with Gasteiger partial charge in [0.2, 0.25) is 0 Å². The Morgan fingerprint density at radius 3 is 2.79 bits per heavy atom. The van der Waals surface area contributed by atoms with Gasteiger partial charge in [0.25, 0.3) is 0 Å². The Labute approximate surface area is 116 Å². The van der Waals surface area contributed by atoms with E-state index in [0.717, 1.165) is 44.2 Å². The van der Waals surface area contributed by atoms with Gasteiger partial charge in [-0.05, 0) is 40.0 Å². The fraction of sp³-hybridized carbons (Fsp3) is 0.667. The summed E-state index contributed by atoms with van der Waals surface area (Å²) in [7, 11) is 2.21. The largest absolute Gasteiger partial charge is 0.370 e. The third-order valence-electron chi connectivity index (χ3n) is 3.95. The topological polar surface area (TPSA) is 31.4 Å². The molecule has 0 spiro atoms. The standard InChI is InChI=1S/C15H26N4/c1-5-16-14-8-6-7-13(17-14)11-19-10-9-18(4)15(2,3)12-19/h6-8H,5,9-12H2,1-4H3,(H,16,17). The number of aromatic nitrogens is 1. The molecule has 0 unspecified atom stereocenters. The molecular weight excluding hydrogens is 236 g/mol. The Hall–Kier alpha value is -1.13. The molecule has 0 atom stereocenters. The van der Waals surface area contributed by atoms with E-state index in [9.17, 15) is 0 Å². The van der Waals surface area contributed by atoms with Crippen LogP contribution < -0.4 is 5.32 Å². The second kappa shape index (κ2) is 5.88. The van der Waals surface area contributed by atoms with Crippen molar-refractivity contribution in [1.29, 1.82) is 0 Å². The summed E-state index contributed by atoms with van der Waals surface area (Å²) in [4.78, 5) is 9.59. The second-order valence-electron chi connectivity index (χ2n) is 5.99. The van der Waals surface area contributed by atoms with E-state index in [1.165, 1.54) is 0 Å². The van der Waals surface area contributed by atoms with Crippen molar-refractivity contribution in [3.63, 3.8) is 0 Å². The van der Waals surface area contributed by atoms with Gasteiger partial charge in [-0.1, -0.05) is 6.07 Å². The molecule has 1 aromatic rings. The van der Waals surface area contributed by atoms with Gasteiger partial charge in [0.15, 0.2) is 0 Å². The summed E-state index contributed by atoms with van der Waals surface area (Å²) in [6.07, 6.45) is 0. The fourth-order valence-electron chi connectivity index (χ4n) is 2.55. The zero-order chi connectivity index (χ0) is 13.9. The molecule has 2 heterocycles. The number of hydrogen-bond acceptors (Lipinski definition) is 4. The number of rotatable bonds is 4. The molecule has 0 bridgehead atoms. The Kier molecular flexibility index (Phi) is 4.42. The minimum Gasteiger partial charge on any atom is -0.370 e. The zero-order valence-electron chi connectivity index (χ0n) is 12.6. The van der Waals surface area contributed by atoms with Gasteiger partial charge in [-0.15, -0.1) is 0 Å². The van der Waals surface area contributed by atoms with Gasteiger partial charge in [0, 0.05) is 38.3 Å². The number of pyridine rings is 1. The minimum absolute atomic E-state index is 0.248. The first-order valence-electron chi connectivity index (χ1n) is 7.14. The minimum atomic E-state index is 0.248. The number of anilines is 1. The van der Waals surface area contributed by atoms with Crippen molar-refractivity contribution in [3.05, 3.63) is 23.9 Å². The van der Waals surface area contributed by atoms with Gasteiger partial charge in [-0.3, -0.25) is 9.80 Å². The van der Waals surface area contributed by atoms with E-state index in [-0.39, 0.29) is 5.54 Å². The number of nitrogens with one attached hydrogen (secondary N) is 1. The quantitative estimate of drug-likeness (QED) is 0.900. The van der Waals surface area contributed by atoms with Crippen LogP contribution in [0.4, 0.5) is 5.82 Å². The highest BCUT2D eigenvalue weighted by molar-refractivity contribution is 5.35. The van der Waals surface area contributed by atoms with Crippen molar-refractivity contribution in [2.24, 2.45) is 0 Å². The molecule has 0 amide bonds. The van der Waals surface area contributed by atoms with E-state index in [4.69, 9.17) is 0 Å². The first-order chi connectivity index (χ1) is 9.01. The van der Waals surface area contributed by atoms with Crippen LogP contribution in [0.5, 0.6) is 0 Å². The number of likely N-dealkylation sites (N-methyl/N-ethyl adjacent to an activating group) is 1. The van der Waals surface area contributed by atoms with Crippen LogP contribution in [0.3, 0.4) is 0 Å². The highest BCUT2D eigenvalue weighted by Gasteiger charge is 2.30. The van der Waals surface area contributed by atoms with Gasteiger partial charge in [0.05, 0.1) is 5.69 Å². The number of nitrogens with zero attached hydrogens (tertiary/aromatic N) is 3. The van der Waals surface area contributed by atoms with E-state index in [2.05, 4.69) is 60.1 Å². The Balaban J connectivity index is 1.99. The predicted octanol–water partition coefficient (Wildman–Crippen LogP) is 2.04. The third kappa shape index (κ3) is 3.67. The summed E-state index contributed by atoms with van der Waals surface area (Å²) >= 11 is 0. The van der Waals surface area contributed by atoms with Gasteiger partial charge < -0.3 is 5.32 Å². The number of hydrogen-bond donors (Lipinski definition) is 1. The van der Waals surface area contributed by atoms with Gasteiger partial charge >= 0.3 is 0 Å². The van der Waals surface area contributed by atoms with E-state index in [1.54, 1.807) is 0 Å². The SMILES string of the molecule is CCNc1cccc(CN2CCN(C)C(C)(C)C2)n1. The van der Waals surface area contributed by atoms with Crippen LogP contribution in [0.2, 0.25) is 0 Å². The van der Waals surface area contributed by atoms with Crippen molar-refractivity contribution < 1.29 is 0 Å². The van der Waals surface area contributed by atoms with Crippen LogP contribution in [0.25, 0.3) is 0 Å². The molecule has 2 rings (SSSR count). The molecule has 0 aliphatic carbocycles. The highest BCUT2D eigenvalue weighted by atomic mass is 15.3. The third-order valence-corrected chi connectivity index (χ3v) is 3.95. The average Bonchev–Trinajstić information content (AvgIpc) is 2.34. The van der Waals surface area contributed by atoms with Crippen LogP contribution in [-0.2, 0) is 6.54 Å². The van der Waals surface area contributed by atoms with Crippen LogP contribution in [0.1, 0.15) is 26.5 Å². The summed E-state index contributed by atoms with van der Waals surface area (Å²) in [6, 6.07) is 6.23. The molecule has 0 radical (unpaired) electrons. The smallest absolute Gasteiger partial charge is 0.126 e. The fourth-order valence-corrected chi connectivity index (χ4v) is 2.55. The van der Waals surface area contributed by atoms with Crippen molar-refractivity contribution in [1.82, 2.24) is 14.8 Å². The van der Waals surface area contributed by atoms with Crippen LogP contribution in [0, 0.1) is 0 Å². The maximum Gasteiger partial charge on any atom is 0.126 e. The molecule has 0 aromatic carbocycles. The zero-order valence-corrected chi connectivity index (χ0v) is 12.6. The van der Waals surface area contributed by atoms with Gasteiger partial charge in [-0.25, -0.2) is 4.98 Å². The molecule has 1 saturated heterocycles. The van der Waals surface area contributed by atoms with Crippen molar-refractivity contribution >= 4 is 5.82 Å². The molecule has 1 N–H and O–H groups in total. The van der Waals surface area contributed by atoms with Crippen molar-refractivity contribution in [2.75, 3.05) is 38.5 Å². The van der Waals surface area contributed by atoms with Gasteiger partial charge in [0.1, 0.15) is 5.82 Å². The maximum atomic E-state index is 4.66. The second-order valence-corrected chi connectivity index (χ2v) is 5.99. The molecule has 1 aliphatic rings. The van der Waals surface area contributed by atoms with Gasteiger partial charge in [-0.2, -0.15) is 0 Å². The molecule has 1 aromatic heterocycles. The normalized spacial score (nSPS) is 20.4. The maximum absolute atomic E-state index is 4.66. The summed E-state index contributed by atoms with van der Waals surface area (Å²) in [5.41, 5.74) is 1.40. The van der Waals surface area contributed by atoms with E-state index >= 15 is 0 Å². The Morgan fingerprint density at radius 1 is 1.32 bits per heavy atom. The lowest BCUT2D eigenvalue weighted by Gasteiger charge is -2.45. The lowest BCUT2D eigenvalue weighted by molar-refractivity contribution is 0.0354. The van der Waals surface area contributed by atoms with E-state index in [0.29, 0.717) is 0 Å². The molecule has 19 heavy (non-hydrogen) atoms. The predicted molar refractivity (Wildman–Crippen MR) is 80.4 cm³/mol. The number of piperazine rings is 1. The Morgan fingerprint density at radius 2 is 2.11 bits per heavy atom. The van der Waals surface area contributed by atoms with Crippen molar-refractivity contribution in [2.45, 2.75) is 32.9 Å². The molecule has 4 heteroatoms. The van der Waals surface area contributed by atoms with Crippen LogP contribution in [0.15, 0.2) is 18.2 Å². The molecule has 0 saturated carbocycles. The molecule has 4 nitrogen and oxygen atoms in total. The molecule has 106 valence electrons. The summed E-state index contributed by atoms with van der Waals surface area (Å²) in [6.45, 7) is 11.9.